The van der Waals surface area contributed by atoms with E-state index in [1.165, 1.54) is 0 Å². The average Bonchev–Trinajstić information content (AvgIpc) is 2.56. The number of carbonyl (C=O) groups is 2. The van der Waals surface area contributed by atoms with Crippen LogP contribution in [0.15, 0.2) is 54.6 Å². The number of carbonyl (C=O) groups excluding carboxylic acids is 2. The minimum atomic E-state index is -0.349. The Balaban J connectivity index is 1.99. The topological polar surface area (TPSA) is 58.6 Å². The molecule has 0 saturated carbocycles. The van der Waals surface area contributed by atoms with Gasteiger partial charge in [-0.3, -0.25) is 9.59 Å². The molecule has 0 unspecified atom stereocenters. The number of benzene rings is 2. The molecule has 0 saturated heterocycles. The predicted molar refractivity (Wildman–Crippen MR) is 90.7 cm³/mol. The van der Waals surface area contributed by atoms with Crippen LogP contribution in [0.5, 0.6) is 5.75 Å². The van der Waals surface area contributed by atoms with Crippen LogP contribution in [-0.2, 0) is 9.59 Å². The molecule has 0 spiro atoms. The van der Waals surface area contributed by atoms with Gasteiger partial charge in [0.25, 0.3) is 0 Å². The zero-order valence-electron chi connectivity index (χ0n) is 13.3. The van der Waals surface area contributed by atoms with Gasteiger partial charge in [-0.15, -0.1) is 0 Å². The molecule has 0 aliphatic rings. The Morgan fingerprint density at radius 2 is 1.83 bits per heavy atom. The van der Waals surface area contributed by atoms with E-state index in [1.807, 2.05) is 37.3 Å². The number of amides is 2. The van der Waals surface area contributed by atoms with Gasteiger partial charge >= 0.3 is 0 Å². The molecular formula is C18H20N2O3. The standard InChI is InChI=1S/C18H20N2O3/c1-3-20(15-9-5-4-6-10-15)18(22)13-17(21)19-14-8-7-11-16(12-14)23-2/h4-12H,3,13H2,1-2H3,(H,19,21). The summed E-state index contributed by atoms with van der Waals surface area (Å²) in [5.41, 5.74) is 1.39. The highest BCUT2D eigenvalue weighted by molar-refractivity contribution is 6.09. The monoisotopic (exact) mass is 312 g/mol. The predicted octanol–water partition coefficient (Wildman–Crippen LogP) is 3.08. The zero-order valence-corrected chi connectivity index (χ0v) is 13.3. The van der Waals surface area contributed by atoms with Gasteiger partial charge in [-0.25, -0.2) is 0 Å². The normalized spacial score (nSPS) is 10.0. The van der Waals surface area contributed by atoms with E-state index >= 15 is 0 Å². The van der Waals surface area contributed by atoms with Crippen molar-refractivity contribution in [2.75, 3.05) is 23.9 Å². The van der Waals surface area contributed by atoms with Crippen molar-refractivity contribution in [2.45, 2.75) is 13.3 Å². The summed E-state index contributed by atoms with van der Waals surface area (Å²) in [7, 11) is 1.56. The maximum absolute atomic E-state index is 12.3. The van der Waals surface area contributed by atoms with Crippen molar-refractivity contribution in [1.82, 2.24) is 0 Å². The first-order valence-corrected chi connectivity index (χ1v) is 7.43. The van der Waals surface area contributed by atoms with E-state index in [0.717, 1.165) is 5.69 Å². The molecule has 2 rings (SSSR count). The number of nitrogens with zero attached hydrogens (tertiary/aromatic N) is 1. The summed E-state index contributed by atoms with van der Waals surface area (Å²) in [5.74, 6) is 0.0605. The molecule has 2 aromatic rings. The fraction of sp³-hybridized carbons (Fsp3) is 0.222. The summed E-state index contributed by atoms with van der Waals surface area (Å²) in [4.78, 5) is 26.0. The number of hydrogen-bond donors (Lipinski definition) is 1. The van der Waals surface area contributed by atoms with Crippen LogP contribution >= 0.6 is 0 Å². The van der Waals surface area contributed by atoms with Gasteiger partial charge in [0.05, 0.1) is 7.11 Å². The summed E-state index contributed by atoms with van der Waals surface area (Å²) in [5, 5.41) is 2.71. The van der Waals surface area contributed by atoms with Gasteiger partial charge in [0.15, 0.2) is 0 Å². The van der Waals surface area contributed by atoms with Crippen LogP contribution in [0.4, 0.5) is 11.4 Å². The Bertz CT molecular complexity index is 671. The van der Waals surface area contributed by atoms with Gasteiger partial charge in [0.2, 0.25) is 11.8 Å². The fourth-order valence-corrected chi connectivity index (χ4v) is 2.25. The number of para-hydroxylation sites is 1. The molecule has 5 nitrogen and oxygen atoms in total. The van der Waals surface area contributed by atoms with E-state index in [0.29, 0.717) is 18.0 Å². The van der Waals surface area contributed by atoms with Gasteiger partial charge in [0, 0.05) is 24.0 Å². The zero-order chi connectivity index (χ0) is 16.7. The van der Waals surface area contributed by atoms with E-state index < -0.39 is 0 Å². The van der Waals surface area contributed by atoms with Crippen molar-refractivity contribution in [2.24, 2.45) is 0 Å². The SMILES string of the molecule is CCN(C(=O)CC(=O)Nc1cccc(OC)c1)c1ccccc1. The number of methoxy groups -OCH3 is 1. The van der Waals surface area contributed by atoms with Crippen LogP contribution < -0.4 is 15.0 Å². The quantitative estimate of drug-likeness (QED) is 0.834. The maximum atomic E-state index is 12.3. The van der Waals surface area contributed by atoms with Crippen molar-refractivity contribution >= 4 is 23.2 Å². The summed E-state index contributed by atoms with van der Waals surface area (Å²) < 4.78 is 5.10. The smallest absolute Gasteiger partial charge is 0.236 e. The number of anilines is 2. The van der Waals surface area contributed by atoms with E-state index in [9.17, 15) is 9.59 Å². The lowest BCUT2D eigenvalue weighted by molar-refractivity contribution is -0.125. The van der Waals surface area contributed by atoms with Gasteiger partial charge in [-0.1, -0.05) is 24.3 Å². The molecule has 120 valence electrons. The Morgan fingerprint density at radius 1 is 1.09 bits per heavy atom. The first-order valence-electron chi connectivity index (χ1n) is 7.43. The van der Waals surface area contributed by atoms with Gasteiger partial charge in [0.1, 0.15) is 12.2 Å². The highest BCUT2D eigenvalue weighted by Gasteiger charge is 2.17. The highest BCUT2D eigenvalue weighted by Crippen LogP contribution is 2.18. The minimum absolute atomic E-state index is 0.208. The number of hydrogen-bond acceptors (Lipinski definition) is 3. The molecule has 0 aliphatic heterocycles. The second-order valence-corrected chi connectivity index (χ2v) is 4.93. The lowest BCUT2D eigenvalue weighted by atomic mass is 10.2. The number of nitrogens with one attached hydrogen (secondary N) is 1. The Labute approximate surface area is 135 Å². The lowest BCUT2D eigenvalue weighted by Gasteiger charge is -2.20. The molecule has 0 aliphatic carbocycles. The second kappa shape index (κ2) is 7.98. The van der Waals surface area contributed by atoms with Crippen molar-refractivity contribution in [3.8, 4) is 5.75 Å². The van der Waals surface area contributed by atoms with E-state index in [1.54, 1.807) is 36.3 Å². The summed E-state index contributed by atoms with van der Waals surface area (Å²) in [6, 6.07) is 16.3. The molecule has 0 aromatic heterocycles. The molecule has 5 heteroatoms. The van der Waals surface area contributed by atoms with Crippen molar-refractivity contribution in [1.29, 1.82) is 0 Å². The average molecular weight is 312 g/mol. The summed E-state index contributed by atoms with van der Waals surface area (Å²) >= 11 is 0. The van der Waals surface area contributed by atoms with Gasteiger partial charge in [-0.05, 0) is 31.2 Å². The number of ether oxygens (including phenoxy) is 1. The van der Waals surface area contributed by atoms with Crippen molar-refractivity contribution in [3.05, 3.63) is 54.6 Å². The van der Waals surface area contributed by atoms with Crippen LogP contribution in [0.1, 0.15) is 13.3 Å². The second-order valence-electron chi connectivity index (χ2n) is 4.93. The molecule has 0 radical (unpaired) electrons. The molecule has 0 fully saturated rings. The highest BCUT2D eigenvalue weighted by atomic mass is 16.5. The molecule has 2 aromatic carbocycles. The molecule has 0 heterocycles. The minimum Gasteiger partial charge on any atom is -0.497 e. The van der Waals surface area contributed by atoms with E-state index in [4.69, 9.17) is 4.74 Å². The third kappa shape index (κ3) is 4.57. The van der Waals surface area contributed by atoms with Gasteiger partial charge < -0.3 is 15.0 Å². The fourth-order valence-electron chi connectivity index (χ4n) is 2.25. The van der Waals surface area contributed by atoms with E-state index in [-0.39, 0.29) is 18.2 Å². The molecule has 0 bridgehead atoms. The molecule has 1 N–H and O–H groups in total. The lowest BCUT2D eigenvalue weighted by Crippen LogP contribution is -2.33. The van der Waals surface area contributed by atoms with Crippen molar-refractivity contribution in [3.63, 3.8) is 0 Å². The third-order valence-electron chi connectivity index (χ3n) is 3.35. The molecule has 23 heavy (non-hydrogen) atoms. The largest absolute Gasteiger partial charge is 0.497 e. The molecule has 0 atom stereocenters. The van der Waals surface area contributed by atoms with E-state index in [2.05, 4.69) is 5.32 Å². The van der Waals surface area contributed by atoms with Crippen LogP contribution in [0, 0.1) is 0 Å². The maximum Gasteiger partial charge on any atom is 0.236 e. The van der Waals surface area contributed by atoms with Crippen LogP contribution in [0.3, 0.4) is 0 Å². The van der Waals surface area contributed by atoms with Crippen LogP contribution in [0.25, 0.3) is 0 Å². The first kappa shape index (κ1) is 16.5. The third-order valence-corrected chi connectivity index (χ3v) is 3.35. The van der Waals surface area contributed by atoms with Gasteiger partial charge in [-0.2, -0.15) is 0 Å². The van der Waals surface area contributed by atoms with Crippen LogP contribution in [-0.4, -0.2) is 25.5 Å². The Hall–Kier alpha value is -2.82. The first-order chi connectivity index (χ1) is 11.1. The number of rotatable bonds is 6. The van der Waals surface area contributed by atoms with Crippen molar-refractivity contribution < 1.29 is 14.3 Å². The summed E-state index contributed by atoms with van der Waals surface area (Å²) in [6.45, 7) is 2.39. The molecule has 2 amide bonds. The Kier molecular flexibility index (Phi) is 5.74. The summed E-state index contributed by atoms with van der Waals surface area (Å²) in [6.07, 6.45) is -0.208. The van der Waals surface area contributed by atoms with Crippen LogP contribution in [0.2, 0.25) is 0 Å². The molecular weight excluding hydrogens is 292 g/mol. The Morgan fingerprint density at radius 3 is 2.48 bits per heavy atom.